The molecule has 0 unspecified atom stereocenters. The molecule has 0 spiro atoms. The van der Waals surface area contributed by atoms with E-state index in [4.69, 9.17) is 4.74 Å². The zero-order valence-electron chi connectivity index (χ0n) is 15.8. The molecular weight excluding hydrogens is 344 g/mol. The molecule has 0 aliphatic heterocycles. The van der Waals surface area contributed by atoms with Gasteiger partial charge in [0.15, 0.2) is 11.4 Å². The standard InChI is InChI=1S/C20H22N4O3/c1-5-14-8-9-15(22-13(3)25)11-16(14)23-20(26)18-12(2)21-19-17(27-4)7-6-10-24(18)19/h6-11H,5H2,1-4H3,(H,22,25)(H,23,26). The summed E-state index contributed by atoms with van der Waals surface area (Å²) in [6.07, 6.45) is 2.52. The minimum Gasteiger partial charge on any atom is -0.493 e. The fourth-order valence-corrected chi connectivity index (χ4v) is 3.05. The summed E-state index contributed by atoms with van der Waals surface area (Å²) in [5, 5.41) is 5.69. The number of methoxy groups -OCH3 is 1. The summed E-state index contributed by atoms with van der Waals surface area (Å²) in [6, 6.07) is 9.08. The van der Waals surface area contributed by atoms with Gasteiger partial charge < -0.3 is 15.4 Å². The van der Waals surface area contributed by atoms with Crippen molar-refractivity contribution in [1.29, 1.82) is 0 Å². The third-order valence-corrected chi connectivity index (χ3v) is 4.28. The Morgan fingerprint density at radius 2 is 2.00 bits per heavy atom. The van der Waals surface area contributed by atoms with Crippen molar-refractivity contribution in [3.63, 3.8) is 0 Å². The molecule has 7 nitrogen and oxygen atoms in total. The number of fused-ring (bicyclic) bond motifs is 1. The van der Waals surface area contributed by atoms with Crippen LogP contribution in [0.3, 0.4) is 0 Å². The predicted octanol–water partition coefficient (Wildman–Crippen LogP) is 3.42. The monoisotopic (exact) mass is 366 g/mol. The SMILES string of the molecule is CCc1ccc(NC(C)=O)cc1NC(=O)c1c(C)nc2c(OC)cccn12. The zero-order chi connectivity index (χ0) is 19.6. The van der Waals surface area contributed by atoms with Gasteiger partial charge in [-0.25, -0.2) is 4.98 Å². The summed E-state index contributed by atoms with van der Waals surface area (Å²) in [5.74, 6) is 0.158. The number of hydrogen-bond donors (Lipinski definition) is 2. The summed E-state index contributed by atoms with van der Waals surface area (Å²) in [6.45, 7) is 5.24. The normalized spacial score (nSPS) is 10.7. The fraction of sp³-hybridized carbons (Fsp3) is 0.250. The fourth-order valence-electron chi connectivity index (χ4n) is 3.05. The Hall–Kier alpha value is -3.35. The molecule has 0 saturated heterocycles. The second-order valence-electron chi connectivity index (χ2n) is 6.18. The van der Waals surface area contributed by atoms with Crippen molar-refractivity contribution >= 4 is 28.8 Å². The third kappa shape index (κ3) is 3.62. The van der Waals surface area contributed by atoms with Crippen molar-refractivity contribution in [2.24, 2.45) is 0 Å². The molecule has 3 aromatic rings. The van der Waals surface area contributed by atoms with Crippen molar-refractivity contribution in [2.45, 2.75) is 27.2 Å². The van der Waals surface area contributed by atoms with Crippen LogP contribution in [0.25, 0.3) is 5.65 Å². The molecule has 2 aromatic heterocycles. The molecule has 2 heterocycles. The van der Waals surface area contributed by atoms with Gasteiger partial charge in [-0.1, -0.05) is 13.0 Å². The first kappa shape index (κ1) is 18.4. The van der Waals surface area contributed by atoms with Crippen LogP contribution in [0, 0.1) is 6.92 Å². The molecule has 3 rings (SSSR count). The molecule has 0 aliphatic carbocycles. The lowest BCUT2D eigenvalue weighted by molar-refractivity contribution is -0.114. The van der Waals surface area contributed by atoms with Gasteiger partial charge in [0.2, 0.25) is 5.91 Å². The van der Waals surface area contributed by atoms with Crippen molar-refractivity contribution in [3.8, 4) is 5.75 Å². The van der Waals surface area contributed by atoms with Crippen LogP contribution in [0.2, 0.25) is 0 Å². The van der Waals surface area contributed by atoms with Crippen LogP contribution in [0.15, 0.2) is 36.5 Å². The molecule has 2 N–H and O–H groups in total. The number of rotatable bonds is 5. The Morgan fingerprint density at radius 1 is 1.22 bits per heavy atom. The summed E-state index contributed by atoms with van der Waals surface area (Å²) < 4.78 is 7.04. The van der Waals surface area contributed by atoms with Gasteiger partial charge in [-0.3, -0.25) is 14.0 Å². The molecule has 0 atom stereocenters. The Morgan fingerprint density at radius 3 is 2.67 bits per heavy atom. The highest BCUT2D eigenvalue weighted by molar-refractivity contribution is 6.05. The topological polar surface area (TPSA) is 84.7 Å². The number of nitrogens with zero attached hydrogens (tertiary/aromatic N) is 2. The number of carbonyl (C=O) groups excluding carboxylic acids is 2. The van der Waals surface area contributed by atoms with Gasteiger partial charge in [-0.05, 0) is 43.2 Å². The van der Waals surface area contributed by atoms with Crippen molar-refractivity contribution in [3.05, 3.63) is 53.5 Å². The van der Waals surface area contributed by atoms with E-state index in [1.54, 1.807) is 42.8 Å². The number of nitrogens with one attached hydrogen (secondary N) is 2. The molecule has 0 fully saturated rings. The number of anilines is 2. The first-order valence-electron chi connectivity index (χ1n) is 8.68. The summed E-state index contributed by atoms with van der Waals surface area (Å²) in [7, 11) is 1.57. The van der Waals surface area contributed by atoms with Crippen molar-refractivity contribution < 1.29 is 14.3 Å². The first-order chi connectivity index (χ1) is 12.9. The minimum atomic E-state index is -0.275. The maximum absolute atomic E-state index is 13.0. The average Bonchev–Trinajstić information content (AvgIpc) is 2.97. The van der Waals surface area contributed by atoms with Crippen LogP contribution in [-0.4, -0.2) is 28.3 Å². The summed E-state index contributed by atoms with van der Waals surface area (Å²) in [4.78, 5) is 28.8. The highest BCUT2D eigenvalue weighted by atomic mass is 16.5. The number of carbonyl (C=O) groups is 2. The smallest absolute Gasteiger partial charge is 0.274 e. The van der Waals surface area contributed by atoms with E-state index in [0.29, 0.717) is 34.2 Å². The maximum atomic E-state index is 13.0. The van der Waals surface area contributed by atoms with Crippen LogP contribution < -0.4 is 15.4 Å². The highest BCUT2D eigenvalue weighted by Gasteiger charge is 2.19. The molecule has 27 heavy (non-hydrogen) atoms. The third-order valence-electron chi connectivity index (χ3n) is 4.28. The van der Waals surface area contributed by atoms with Gasteiger partial charge in [-0.2, -0.15) is 0 Å². The second kappa shape index (κ2) is 7.49. The lowest BCUT2D eigenvalue weighted by atomic mass is 10.1. The molecule has 140 valence electrons. The Bertz CT molecular complexity index is 1020. The van der Waals surface area contributed by atoms with Crippen LogP contribution in [-0.2, 0) is 11.2 Å². The predicted molar refractivity (Wildman–Crippen MR) is 105 cm³/mol. The quantitative estimate of drug-likeness (QED) is 0.724. The van der Waals surface area contributed by atoms with E-state index in [2.05, 4.69) is 15.6 Å². The number of aryl methyl sites for hydroxylation is 2. The molecule has 2 amide bonds. The number of pyridine rings is 1. The van der Waals surface area contributed by atoms with E-state index in [9.17, 15) is 9.59 Å². The summed E-state index contributed by atoms with van der Waals surface area (Å²) >= 11 is 0. The minimum absolute atomic E-state index is 0.166. The molecule has 0 bridgehead atoms. The second-order valence-corrected chi connectivity index (χ2v) is 6.18. The van der Waals surface area contributed by atoms with Crippen LogP contribution in [0.1, 0.15) is 35.6 Å². The average molecular weight is 366 g/mol. The molecule has 7 heteroatoms. The van der Waals surface area contributed by atoms with E-state index in [1.165, 1.54) is 6.92 Å². The summed E-state index contributed by atoms with van der Waals surface area (Å²) in [5.41, 5.74) is 3.90. The molecule has 0 saturated carbocycles. The lowest BCUT2D eigenvalue weighted by Gasteiger charge is -2.13. The van der Waals surface area contributed by atoms with Gasteiger partial charge in [0.1, 0.15) is 5.69 Å². The van der Waals surface area contributed by atoms with E-state index >= 15 is 0 Å². The number of imidazole rings is 1. The first-order valence-corrected chi connectivity index (χ1v) is 8.68. The molecule has 1 aromatic carbocycles. The van der Waals surface area contributed by atoms with Gasteiger partial charge in [0.05, 0.1) is 12.8 Å². The Labute approximate surface area is 157 Å². The molecular formula is C20H22N4O3. The van der Waals surface area contributed by atoms with E-state index in [1.807, 2.05) is 19.1 Å². The van der Waals surface area contributed by atoms with Gasteiger partial charge in [0.25, 0.3) is 5.91 Å². The molecule has 0 aliphatic rings. The van der Waals surface area contributed by atoms with Crippen LogP contribution in [0.5, 0.6) is 5.75 Å². The number of hydrogen-bond acceptors (Lipinski definition) is 4. The Kier molecular flexibility index (Phi) is 5.12. The van der Waals surface area contributed by atoms with E-state index in [0.717, 1.165) is 12.0 Å². The van der Waals surface area contributed by atoms with Crippen LogP contribution >= 0.6 is 0 Å². The largest absolute Gasteiger partial charge is 0.493 e. The van der Waals surface area contributed by atoms with Gasteiger partial charge in [-0.15, -0.1) is 0 Å². The Balaban J connectivity index is 2.00. The number of amides is 2. The number of ether oxygens (including phenoxy) is 1. The highest BCUT2D eigenvalue weighted by Crippen LogP contribution is 2.25. The number of aromatic nitrogens is 2. The van der Waals surface area contributed by atoms with Crippen LogP contribution in [0.4, 0.5) is 11.4 Å². The number of benzene rings is 1. The van der Waals surface area contributed by atoms with Crippen molar-refractivity contribution in [1.82, 2.24) is 9.38 Å². The van der Waals surface area contributed by atoms with Gasteiger partial charge >= 0.3 is 0 Å². The maximum Gasteiger partial charge on any atom is 0.274 e. The van der Waals surface area contributed by atoms with Gasteiger partial charge in [0, 0.05) is 24.5 Å². The van der Waals surface area contributed by atoms with E-state index < -0.39 is 0 Å². The lowest BCUT2D eigenvalue weighted by Crippen LogP contribution is -2.17. The van der Waals surface area contributed by atoms with E-state index in [-0.39, 0.29) is 11.8 Å². The molecule has 0 radical (unpaired) electrons. The van der Waals surface area contributed by atoms with Crippen molar-refractivity contribution in [2.75, 3.05) is 17.7 Å². The zero-order valence-corrected chi connectivity index (χ0v) is 15.8.